The van der Waals surface area contributed by atoms with E-state index in [9.17, 15) is 0 Å². The predicted octanol–water partition coefficient (Wildman–Crippen LogP) is 2.76. The topological polar surface area (TPSA) is 12.0 Å². The first kappa shape index (κ1) is 12.0. The third-order valence-electron chi connectivity index (χ3n) is 2.12. The van der Waals surface area contributed by atoms with Crippen LogP contribution in [0.4, 0.5) is 0 Å². The molecule has 1 N–H and O–H groups in total. The highest BCUT2D eigenvalue weighted by Crippen LogP contribution is 2.12. The number of allylic oxidation sites excluding steroid dienone is 1. The summed E-state index contributed by atoms with van der Waals surface area (Å²) in [5, 5.41) is 3.36. The second-order valence-electron chi connectivity index (χ2n) is 3.74. The number of hydrogen-bond acceptors (Lipinski definition) is 1. The Morgan fingerprint density at radius 2 is 1.92 bits per heavy atom. The molecule has 1 rings (SSSR count). The molecule has 0 atom stereocenters. The summed E-state index contributed by atoms with van der Waals surface area (Å²) in [5.74, 6) is 0.817. The van der Waals surface area contributed by atoms with E-state index >= 15 is 0 Å². The Labute approximate surface area is 82.0 Å². The van der Waals surface area contributed by atoms with Gasteiger partial charge in [-0.15, -0.1) is 12.4 Å². The van der Waals surface area contributed by atoms with E-state index in [0.717, 1.165) is 5.92 Å². The third kappa shape index (κ3) is 4.78. The maximum Gasteiger partial charge on any atom is -0.00115 e. The SMILES string of the molecule is CC(C)CC=C1CCNCC1.Cl. The van der Waals surface area contributed by atoms with Gasteiger partial charge in [0.05, 0.1) is 0 Å². The quantitative estimate of drug-likeness (QED) is 0.659. The summed E-state index contributed by atoms with van der Waals surface area (Å²) in [4.78, 5) is 0. The minimum absolute atomic E-state index is 0. The summed E-state index contributed by atoms with van der Waals surface area (Å²) >= 11 is 0. The summed E-state index contributed by atoms with van der Waals surface area (Å²) in [6.45, 7) is 6.92. The van der Waals surface area contributed by atoms with Gasteiger partial charge in [0.1, 0.15) is 0 Å². The van der Waals surface area contributed by atoms with Crippen LogP contribution in [0.25, 0.3) is 0 Å². The predicted molar refractivity (Wildman–Crippen MR) is 56.9 cm³/mol. The van der Waals surface area contributed by atoms with Crippen LogP contribution in [-0.2, 0) is 0 Å². The Balaban J connectivity index is 0.00000121. The van der Waals surface area contributed by atoms with Crippen LogP contribution in [0.5, 0.6) is 0 Å². The molecular weight excluding hydrogens is 170 g/mol. The van der Waals surface area contributed by atoms with Crippen molar-refractivity contribution in [2.75, 3.05) is 13.1 Å². The van der Waals surface area contributed by atoms with Crippen molar-refractivity contribution in [3.05, 3.63) is 11.6 Å². The lowest BCUT2D eigenvalue weighted by atomic mass is 10.0. The summed E-state index contributed by atoms with van der Waals surface area (Å²) < 4.78 is 0. The number of hydrogen-bond donors (Lipinski definition) is 1. The molecular formula is C10H20ClN. The Morgan fingerprint density at radius 3 is 2.42 bits per heavy atom. The molecule has 0 saturated carbocycles. The summed E-state index contributed by atoms with van der Waals surface area (Å²) in [7, 11) is 0. The average Bonchev–Trinajstić information content (AvgIpc) is 2.03. The smallest absolute Gasteiger partial charge is 0.00115 e. The van der Waals surface area contributed by atoms with Crippen molar-refractivity contribution < 1.29 is 0 Å². The van der Waals surface area contributed by atoms with Crippen LogP contribution in [-0.4, -0.2) is 13.1 Å². The highest BCUT2D eigenvalue weighted by atomic mass is 35.5. The molecule has 0 aliphatic carbocycles. The molecule has 2 heteroatoms. The van der Waals surface area contributed by atoms with Gasteiger partial charge in [0.25, 0.3) is 0 Å². The van der Waals surface area contributed by atoms with E-state index in [-0.39, 0.29) is 12.4 Å². The lowest BCUT2D eigenvalue weighted by Crippen LogP contribution is -2.23. The van der Waals surface area contributed by atoms with Crippen molar-refractivity contribution in [2.24, 2.45) is 5.92 Å². The van der Waals surface area contributed by atoms with E-state index < -0.39 is 0 Å². The lowest BCUT2D eigenvalue weighted by molar-refractivity contribution is 0.596. The molecule has 0 aromatic heterocycles. The van der Waals surface area contributed by atoms with Gasteiger partial charge in [-0.25, -0.2) is 0 Å². The molecule has 0 unspecified atom stereocenters. The summed E-state index contributed by atoms with van der Waals surface area (Å²) in [6, 6.07) is 0. The van der Waals surface area contributed by atoms with Crippen molar-refractivity contribution in [3.63, 3.8) is 0 Å². The van der Waals surface area contributed by atoms with Gasteiger partial charge in [0, 0.05) is 0 Å². The van der Waals surface area contributed by atoms with Crippen molar-refractivity contribution in [3.8, 4) is 0 Å². The summed E-state index contributed by atoms with van der Waals surface area (Å²) in [6.07, 6.45) is 6.24. The molecule has 0 spiro atoms. The standard InChI is InChI=1S/C10H19N.ClH/c1-9(2)3-4-10-5-7-11-8-6-10;/h4,9,11H,3,5-8H2,1-2H3;1H. The highest BCUT2D eigenvalue weighted by Gasteiger charge is 2.03. The maximum atomic E-state index is 3.36. The molecule has 0 bridgehead atoms. The van der Waals surface area contributed by atoms with E-state index in [1.807, 2.05) is 0 Å². The molecule has 0 aromatic carbocycles. The van der Waals surface area contributed by atoms with Crippen LogP contribution in [0.2, 0.25) is 0 Å². The van der Waals surface area contributed by atoms with Crippen LogP contribution >= 0.6 is 12.4 Å². The van der Waals surface area contributed by atoms with Crippen LogP contribution in [0.15, 0.2) is 11.6 Å². The lowest BCUT2D eigenvalue weighted by Gasteiger charge is -2.15. The Kier molecular flexibility index (Phi) is 6.49. The maximum absolute atomic E-state index is 3.36. The number of rotatable bonds is 2. The normalized spacial score (nSPS) is 17.4. The zero-order valence-electron chi connectivity index (χ0n) is 8.10. The molecule has 1 aliphatic heterocycles. The molecule has 1 fully saturated rings. The largest absolute Gasteiger partial charge is 0.316 e. The fraction of sp³-hybridized carbons (Fsp3) is 0.800. The zero-order chi connectivity index (χ0) is 8.10. The molecule has 1 aliphatic rings. The van der Waals surface area contributed by atoms with Crippen molar-refractivity contribution >= 4 is 12.4 Å². The third-order valence-corrected chi connectivity index (χ3v) is 2.12. The van der Waals surface area contributed by atoms with Gasteiger partial charge in [-0.2, -0.15) is 0 Å². The Bertz CT molecular complexity index is 133. The molecule has 72 valence electrons. The van der Waals surface area contributed by atoms with Gasteiger partial charge < -0.3 is 5.32 Å². The van der Waals surface area contributed by atoms with Crippen molar-refractivity contribution in [1.29, 1.82) is 0 Å². The van der Waals surface area contributed by atoms with Gasteiger partial charge in [-0.1, -0.05) is 25.5 Å². The van der Waals surface area contributed by atoms with Crippen molar-refractivity contribution in [2.45, 2.75) is 33.1 Å². The molecule has 12 heavy (non-hydrogen) atoms. The van der Waals surface area contributed by atoms with Gasteiger partial charge >= 0.3 is 0 Å². The van der Waals surface area contributed by atoms with E-state index in [2.05, 4.69) is 25.2 Å². The van der Waals surface area contributed by atoms with Gasteiger partial charge in [-0.05, 0) is 38.3 Å². The zero-order valence-corrected chi connectivity index (χ0v) is 8.91. The van der Waals surface area contributed by atoms with Gasteiger partial charge in [-0.3, -0.25) is 0 Å². The molecule has 0 radical (unpaired) electrons. The molecule has 1 heterocycles. The first-order chi connectivity index (χ1) is 5.29. The van der Waals surface area contributed by atoms with Gasteiger partial charge in [0.2, 0.25) is 0 Å². The average molecular weight is 190 g/mol. The number of nitrogens with one attached hydrogen (secondary N) is 1. The minimum atomic E-state index is 0. The van der Waals surface area contributed by atoms with E-state index in [0.29, 0.717) is 0 Å². The summed E-state index contributed by atoms with van der Waals surface area (Å²) in [5.41, 5.74) is 1.66. The van der Waals surface area contributed by atoms with Crippen LogP contribution in [0.3, 0.4) is 0 Å². The fourth-order valence-corrected chi connectivity index (χ4v) is 1.35. The Hall–Kier alpha value is -0.0100. The molecule has 0 amide bonds. The molecule has 1 saturated heterocycles. The monoisotopic (exact) mass is 189 g/mol. The Morgan fingerprint density at radius 1 is 1.33 bits per heavy atom. The van der Waals surface area contributed by atoms with E-state index in [1.165, 1.54) is 32.4 Å². The first-order valence-electron chi connectivity index (χ1n) is 4.67. The van der Waals surface area contributed by atoms with Gasteiger partial charge in [0.15, 0.2) is 0 Å². The second-order valence-corrected chi connectivity index (χ2v) is 3.74. The first-order valence-corrected chi connectivity index (χ1v) is 4.67. The van der Waals surface area contributed by atoms with Crippen LogP contribution in [0.1, 0.15) is 33.1 Å². The van der Waals surface area contributed by atoms with Crippen LogP contribution < -0.4 is 5.32 Å². The second kappa shape index (κ2) is 6.50. The minimum Gasteiger partial charge on any atom is -0.316 e. The number of piperidine rings is 1. The molecule has 1 nitrogen and oxygen atoms in total. The van der Waals surface area contributed by atoms with Crippen LogP contribution in [0, 0.1) is 5.92 Å². The molecule has 0 aromatic rings. The highest BCUT2D eigenvalue weighted by molar-refractivity contribution is 5.85. The van der Waals surface area contributed by atoms with Crippen molar-refractivity contribution in [1.82, 2.24) is 5.32 Å². The van der Waals surface area contributed by atoms with E-state index in [4.69, 9.17) is 0 Å². The number of halogens is 1. The van der Waals surface area contributed by atoms with E-state index in [1.54, 1.807) is 5.57 Å². The fourth-order valence-electron chi connectivity index (χ4n) is 1.35.